The maximum atomic E-state index is 13.3. The molecule has 3 aromatic rings. The molecule has 0 aliphatic heterocycles. The quantitative estimate of drug-likeness (QED) is 0.639. The van der Waals surface area contributed by atoms with E-state index in [2.05, 4.69) is 15.3 Å². The van der Waals surface area contributed by atoms with Crippen LogP contribution in [0.3, 0.4) is 0 Å². The molecule has 2 aromatic heterocycles. The Balaban J connectivity index is 2.33. The van der Waals surface area contributed by atoms with E-state index in [1.165, 1.54) is 0 Å². The molecule has 0 atom stereocenters. The number of hydrogen-bond acceptors (Lipinski definition) is 6. The largest absolute Gasteiger partial charge is 0.383 e. The zero-order valence-electron chi connectivity index (χ0n) is 13.8. The van der Waals surface area contributed by atoms with Crippen LogP contribution in [0.25, 0.3) is 16.9 Å². The van der Waals surface area contributed by atoms with Crippen molar-refractivity contribution in [3.05, 3.63) is 42.1 Å². The summed E-state index contributed by atoms with van der Waals surface area (Å²) in [6.45, 7) is 5.87. The van der Waals surface area contributed by atoms with Gasteiger partial charge in [-0.1, -0.05) is 30.3 Å². The molecular formula is C16H19N4O3P. The van der Waals surface area contributed by atoms with Gasteiger partial charge < -0.3 is 9.05 Å². The van der Waals surface area contributed by atoms with Gasteiger partial charge in [-0.15, -0.1) is 10.2 Å². The SMILES string of the molecule is CCOP(=O)(OCC)c1nnc2cc(C)nn2c1-c1ccccc1. The van der Waals surface area contributed by atoms with Crippen molar-refractivity contribution in [3.63, 3.8) is 0 Å². The molecule has 2 heterocycles. The molecular weight excluding hydrogens is 327 g/mol. The number of aryl methyl sites for hydroxylation is 1. The van der Waals surface area contributed by atoms with Crippen molar-refractivity contribution in [1.29, 1.82) is 0 Å². The van der Waals surface area contributed by atoms with Gasteiger partial charge in [-0.2, -0.15) is 5.10 Å². The van der Waals surface area contributed by atoms with Crippen LogP contribution in [0.4, 0.5) is 0 Å². The van der Waals surface area contributed by atoms with E-state index >= 15 is 0 Å². The molecule has 0 aliphatic rings. The van der Waals surface area contributed by atoms with Crippen molar-refractivity contribution in [2.45, 2.75) is 20.8 Å². The molecule has 8 heteroatoms. The van der Waals surface area contributed by atoms with Gasteiger partial charge in [0, 0.05) is 11.6 Å². The van der Waals surface area contributed by atoms with E-state index in [0.717, 1.165) is 11.3 Å². The first-order chi connectivity index (χ1) is 11.6. The van der Waals surface area contributed by atoms with Crippen LogP contribution in [0, 0.1) is 6.92 Å². The van der Waals surface area contributed by atoms with E-state index in [0.29, 0.717) is 11.3 Å². The predicted octanol–water partition coefficient (Wildman–Crippen LogP) is 2.99. The van der Waals surface area contributed by atoms with Crippen LogP contribution in [-0.4, -0.2) is 33.0 Å². The number of rotatable bonds is 6. The second-order valence-electron chi connectivity index (χ2n) is 5.13. The van der Waals surface area contributed by atoms with Gasteiger partial charge in [-0.05, 0) is 20.8 Å². The van der Waals surface area contributed by atoms with E-state index in [9.17, 15) is 4.57 Å². The Morgan fingerprint density at radius 1 is 1.08 bits per heavy atom. The number of benzene rings is 1. The normalized spacial score (nSPS) is 12.0. The Labute approximate surface area is 140 Å². The fourth-order valence-electron chi connectivity index (χ4n) is 2.49. The number of fused-ring (bicyclic) bond motifs is 1. The Hall–Kier alpha value is -2.08. The first-order valence-electron chi connectivity index (χ1n) is 7.77. The van der Waals surface area contributed by atoms with Crippen molar-refractivity contribution in [2.24, 2.45) is 0 Å². The van der Waals surface area contributed by atoms with Crippen LogP contribution in [0.15, 0.2) is 36.4 Å². The Kier molecular flexibility index (Phi) is 4.76. The fourth-order valence-corrected chi connectivity index (χ4v) is 4.13. The van der Waals surface area contributed by atoms with E-state index in [1.54, 1.807) is 18.4 Å². The van der Waals surface area contributed by atoms with Crippen LogP contribution in [0.5, 0.6) is 0 Å². The monoisotopic (exact) mass is 346 g/mol. The molecule has 0 saturated heterocycles. The van der Waals surface area contributed by atoms with E-state index in [1.807, 2.05) is 43.3 Å². The molecule has 0 unspecified atom stereocenters. The molecule has 0 radical (unpaired) electrons. The Morgan fingerprint density at radius 2 is 1.75 bits per heavy atom. The van der Waals surface area contributed by atoms with Gasteiger partial charge in [-0.25, -0.2) is 4.52 Å². The molecule has 0 fully saturated rings. The van der Waals surface area contributed by atoms with E-state index in [-0.39, 0.29) is 18.6 Å². The van der Waals surface area contributed by atoms with Crippen LogP contribution in [0.1, 0.15) is 19.5 Å². The number of hydrogen-bond donors (Lipinski definition) is 0. The first kappa shape index (κ1) is 16.8. The van der Waals surface area contributed by atoms with Gasteiger partial charge in [0.15, 0.2) is 5.65 Å². The maximum absolute atomic E-state index is 13.3. The van der Waals surface area contributed by atoms with Crippen molar-refractivity contribution >= 4 is 18.7 Å². The molecule has 7 nitrogen and oxygen atoms in total. The molecule has 3 rings (SSSR count). The second-order valence-corrected chi connectivity index (χ2v) is 7.06. The predicted molar refractivity (Wildman–Crippen MR) is 91.4 cm³/mol. The van der Waals surface area contributed by atoms with Gasteiger partial charge in [0.05, 0.1) is 18.9 Å². The molecule has 1 aromatic carbocycles. The molecule has 24 heavy (non-hydrogen) atoms. The van der Waals surface area contributed by atoms with Gasteiger partial charge >= 0.3 is 7.60 Å². The summed E-state index contributed by atoms with van der Waals surface area (Å²) in [6.07, 6.45) is 0. The van der Waals surface area contributed by atoms with Gasteiger partial charge in [-0.3, -0.25) is 4.57 Å². The highest BCUT2D eigenvalue weighted by atomic mass is 31.2. The molecule has 0 aliphatic carbocycles. The Bertz CT molecular complexity index is 885. The number of nitrogens with zero attached hydrogens (tertiary/aromatic N) is 4. The lowest BCUT2D eigenvalue weighted by molar-refractivity contribution is 0.229. The van der Waals surface area contributed by atoms with Crippen molar-refractivity contribution < 1.29 is 13.6 Å². The average molecular weight is 346 g/mol. The minimum atomic E-state index is -3.60. The third-order valence-corrected chi connectivity index (χ3v) is 5.40. The highest BCUT2D eigenvalue weighted by molar-refractivity contribution is 7.62. The van der Waals surface area contributed by atoms with Crippen molar-refractivity contribution in [2.75, 3.05) is 13.2 Å². The standard InChI is InChI=1S/C16H19N4O3P/c1-4-22-24(21,23-5-2)16-15(13-9-7-6-8-10-13)20-14(17-18-16)11-12(3)19-20/h6-11H,4-5H2,1-3H3. The van der Waals surface area contributed by atoms with Gasteiger partial charge in [0.25, 0.3) is 0 Å². The molecule has 0 N–H and O–H groups in total. The lowest BCUT2D eigenvalue weighted by Gasteiger charge is -2.18. The van der Waals surface area contributed by atoms with Crippen molar-refractivity contribution in [1.82, 2.24) is 19.8 Å². The fraction of sp³-hybridized carbons (Fsp3) is 0.312. The molecule has 0 bridgehead atoms. The summed E-state index contributed by atoms with van der Waals surface area (Å²) in [7, 11) is -3.60. The minimum absolute atomic E-state index is 0.174. The lowest BCUT2D eigenvalue weighted by Crippen LogP contribution is -2.22. The highest BCUT2D eigenvalue weighted by Gasteiger charge is 2.34. The molecule has 0 amide bonds. The Morgan fingerprint density at radius 3 is 2.38 bits per heavy atom. The van der Waals surface area contributed by atoms with E-state index < -0.39 is 7.60 Å². The highest BCUT2D eigenvalue weighted by Crippen LogP contribution is 2.48. The third kappa shape index (κ3) is 2.98. The molecule has 126 valence electrons. The maximum Gasteiger partial charge on any atom is 0.383 e. The summed E-state index contributed by atoms with van der Waals surface area (Å²) >= 11 is 0. The topological polar surface area (TPSA) is 78.6 Å². The summed E-state index contributed by atoms with van der Waals surface area (Å²) in [5.41, 5.74) is 2.93. The van der Waals surface area contributed by atoms with Crippen LogP contribution >= 0.6 is 7.60 Å². The zero-order valence-corrected chi connectivity index (χ0v) is 14.7. The summed E-state index contributed by atoms with van der Waals surface area (Å²) in [5.74, 6) is 0. The van der Waals surface area contributed by atoms with Crippen LogP contribution in [-0.2, 0) is 13.6 Å². The average Bonchev–Trinajstić information content (AvgIpc) is 2.95. The summed E-state index contributed by atoms with van der Waals surface area (Å²) in [6, 6.07) is 11.3. The lowest BCUT2D eigenvalue weighted by atomic mass is 10.2. The van der Waals surface area contributed by atoms with Gasteiger partial charge in [0.1, 0.15) is 5.69 Å². The summed E-state index contributed by atoms with van der Waals surface area (Å²) in [4.78, 5) is 0. The van der Waals surface area contributed by atoms with Gasteiger partial charge in [0.2, 0.25) is 5.44 Å². The summed E-state index contributed by atoms with van der Waals surface area (Å²) in [5, 5.41) is 12.8. The first-order valence-corrected chi connectivity index (χ1v) is 9.31. The third-order valence-electron chi connectivity index (χ3n) is 3.39. The van der Waals surface area contributed by atoms with Crippen LogP contribution < -0.4 is 5.44 Å². The molecule has 0 saturated carbocycles. The number of aromatic nitrogens is 4. The van der Waals surface area contributed by atoms with E-state index in [4.69, 9.17) is 9.05 Å². The van der Waals surface area contributed by atoms with Crippen LogP contribution in [0.2, 0.25) is 0 Å². The smallest absolute Gasteiger partial charge is 0.304 e. The molecule has 0 spiro atoms. The summed E-state index contributed by atoms with van der Waals surface area (Å²) < 4.78 is 25.8. The minimum Gasteiger partial charge on any atom is -0.304 e. The second kappa shape index (κ2) is 6.81. The van der Waals surface area contributed by atoms with Crippen molar-refractivity contribution in [3.8, 4) is 11.3 Å². The zero-order chi connectivity index (χ0) is 17.2.